The lowest BCUT2D eigenvalue weighted by molar-refractivity contribution is -0.122. The Hall–Kier alpha value is -1.71. The Morgan fingerprint density at radius 3 is 2.94 bits per heavy atom. The van der Waals surface area contributed by atoms with E-state index in [-0.39, 0.29) is 11.9 Å². The number of piperazine rings is 1. The van der Waals surface area contributed by atoms with Gasteiger partial charge in [0.1, 0.15) is 6.04 Å². The quantitative estimate of drug-likeness (QED) is 0.690. The summed E-state index contributed by atoms with van der Waals surface area (Å²) in [5, 5.41) is 2.84. The van der Waals surface area contributed by atoms with Crippen LogP contribution >= 0.6 is 0 Å². The maximum atomic E-state index is 11.6. The number of nitrogens with zero attached hydrogens (tertiary/aromatic N) is 1. The van der Waals surface area contributed by atoms with Crippen LogP contribution in [0.1, 0.15) is 12.5 Å². The van der Waals surface area contributed by atoms with Crippen LogP contribution in [0.15, 0.2) is 18.2 Å². The van der Waals surface area contributed by atoms with Gasteiger partial charge in [-0.3, -0.25) is 4.79 Å². The summed E-state index contributed by atoms with van der Waals surface area (Å²) in [6, 6.07) is 5.79. The first-order valence-corrected chi connectivity index (χ1v) is 5.50. The first-order chi connectivity index (χ1) is 7.59. The monoisotopic (exact) mass is 219 g/mol. The van der Waals surface area contributed by atoms with E-state index in [2.05, 4.69) is 5.32 Å². The minimum atomic E-state index is -0.154. The second-order valence-electron chi connectivity index (χ2n) is 4.22. The molecule has 0 aliphatic carbocycles. The summed E-state index contributed by atoms with van der Waals surface area (Å²) < 4.78 is 0. The Morgan fingerprint density at radius 1 is 1.50 bits per heavy atom. The summed E-state index contributed by atoms with van der Waals surface area (Å²) in [7, 11) is 0. The van der Waals surface area contributed by atoms with Crippen molar-refractivity contribution in [3.8, 4) is 0 Å². The van der Waals surface area contributed by atoms with Crippen molar-refractivity contribution >= 4 is 17.3 Å². The lowest BCUT2D eigenvalue weighted by Gasteiger charge is -2.35. The van der Waals surface area contributed by atoms with E-state index in [1.165, 1.54) is 0 Å². The topological polar surface area (TPSA) is 58.4 Å². The number of anilines is 2. The Bertz CT molecular complexity index is 417. The number of benzene rings is 1. The molecule has 3 N–H and O–H groups in total. The molecule has 4 heteroatoms. The van der Waals surface area contributed by atoms with Crippen LogP contribution in [-0.2, 0) is 4.79 Å². The molecule has 1 unspecified atom stereocenters. The fourth-order valence-electron chi connectivity index (χ4n) is 2.05. The van der Waals surface area contributed by atoms with Gasteiger partial charge in [0.15, 0.2) is 0 Å². The predicted octanol–water partition coefficient (Wildman–Crippen LogP) is 0.902. The predicted molar refractivity (Wildman–Crippen MR) is 65.4 cm³/mol. The standard InChI is InChI=1S/C12H17N3O/c1-8-3-4-11(10(13)7-8)15-6-5-14-12(16)9(15)2/h3-4,7,9H,5-6,13H2,1-2H3,(H,14,16). The highest BCUT2D eigenvalue weighted by Crippen LogP contribution is 2.26. The van der Waals surface area contributed by atoms with Gasteiger partial charge in [-0.05, 0) is 31.5 Å². The van der Waals surface area contributed by atoms with Crippen LogP contribution < -0.4 is 16.0 Å². The smallest absolute Gasteiger partial charge is 0.242 e. The number of carbonyl (C=O) groups is 1. The molecule has 0 saturated carbocycles. The van der Waals surface area contributed by atoms with Crippen molar-refractivity contribution in [3.05, 3.63) is 23.8 Å². The van der Waals surface area contributed by atoms with E-state index in [4.69, 9.17) is 5.73 Å². The summed E-state index contributed by atoms with van der Waals surface area (Å²) in [5.41, 5.74) is 8.81. The molecule has 1 aromatic rings. The normalized spacial score (nSPS) is 20.8. The molecule has 16 heavy (non-hydrogen) atoms. The number of aryl methyl sites for hydroxylation is 1. The van der Waals surface area contributed by atoms with E-state index in [1.807, 2.05) is 36.9 Å². The highest BCUT2D eigenvalue weighted by molar-refractivity contribution is 5.87. The van der Waals surface area contributed by atoms with Crippen LogP contribution in [-0.4, -0.2) is 25.0 Å². The number of nitrogen functional groups attached to an aromatic ring is 1. The van der Waals surface area contributed by atoms with E-state index < -0.39 is 0 Å². The molecule has 1 fully saturated rings. The fraction of sp³-hybridized carbons (Fsp3) is 0.417. The molecular formula is C12H17N3O. The molecule has 1 atom stereocenters. The molecule has 0 spiro atoms. The summed E-state index contributed by atoms with van der Waals surface area (Å²) >= 11 is 0. The average Bonchev–Trinajstić information content (AvgIpc) is 2.23. The zero-order valence-electron chi connectivity index (χ0n) is 9.66. The van der Waals surface area contributed by atoms with Gasteiger partial charge in [0.05, 0.1) is 11.4 Å². The maximum absolute atomic E-state index is 11.6. The van der Waals surface area contributed by atoms with Crippen molar-refractivity contribution in [2.24, 2.45) is 0 Å². The van der Waals surface area contributed by atoms with Crippen molar-refractivity contribution in [2.45, 2.75) is 19.9 Å². The van der Waals surface area contributed by atoms with Gasteiger partial charge in [-0.2, -0.15) is 0 Å². The SMILES string of the molecule is Cc1ccc(N2CCNC(=O)C2C)c(N)c1. The largest absolute Gasteiger partial charge is 0.397 e. The maximum Gasteiger partial charge on any atom is 0.242 e. The van der Waals surface area contributed by atoms with Gasteiger partial charge in [-0.25, -0.2) is 0 Å². The third kappa shape index (κ3) is 1.83. The average molecular weight is 219 g/mol. The molecule has 4 nitrogen and oxygen atoms in total. The fourth-order valence-corrected chi connectivity index (χ4v) is 2.05. The van der Waals surface area contributed by atoms with Crippen LogP contribution in [0, 0.1) is 6.92 Å². The highest BCUT2D eigenvalue weighted by atomic mass is 16.2. The van der Waals surface area contributed by atoms with E-state index in [1.54, 1.807) is 0 Å². The lowest BCUT2D eigenvalue weighted by Crippen LogP contribution is -2.54. The second-order valence-corrected chi connectivity index (χ2v) is 4.22. The van der Waals surface area contributed by atoms with Crippen molar-refractivity contribution in [2.75, 3.05) is 23.7 Å². The van der Waals surface area contributed by atoms with E-state index >= 15 is 0 Å². The Morgan fingerprint density at radius 2 is 2.25 bits per heavy atom. The molecule has 1 aliphatic heterocycles. The molecule has 0 aromatic heterocycles. The van der Waals surface area contributed by atoms with Crippen LogP contribution in [0.4, 0.5) is 11.4 Å². The molecule has 1 heterocycles. The van der Waals surface area contributed by atoms with Gasteiger partial charge in [-0.15, -0.1) is 0 Å². The highest BCUT2D eigenvalue weighted by Gasteiger charge is 2.26. The molecule has 86 valence electrons. The molecule has 0 bridgehead atoms. The molecule has 1 aromatic carbocycles. The second kappa shape index (κ2) is 4.04. The zero-order chi connectivity index (χ0) is 11.7. The minimum absolute atomic E-state index is 0.0613. The molecule has 1 aliphatic rings. The van der Waals surface area contributed by atoms with Crippen molar-refractivity contribution < 1.29 is 4.79 Å². The Balaban J connectivity index is 2.32. The van der Waals surface area contributed by atoms with Gasteiger partial charge in [-0.1, -0.05) is 6.07 Å². The molecule has 1 saturated heterocycles. The lowest BCUT2D eigenvalue weighted by atomic mass is 10.1. The minimum Gasteiger partial charge on any atom is -0.397 e. The van der Waals surface area contributed by atoms with Crippen molar-refractivity contribution in [1.82, 2.24) is 5.32 Å². The zero-order valence-corrected chi connectivity index (χ0v) is 9.66. The number of nitrogens with one attached hydrogen (secondary N) is 1. The van der Waals surface area contributed by atoms with Gasteiger partial charge < -0.3 is 16.0 Å². The third-order valence-corrected chi connectivity index (χ3v) is 2.99. The third-order valence-electron chi connectivity index (χ3n) is 2.99. The molecule has 2 rings (SSSR count). The van der Waals surface area contributed by atoms with Crippen LogP contribution in [0.3, 0.4) is 0 Å². The van der Waals surface area contributed by atoms with E-state index in [0.29, 0.717) is 6.54 Å². The first-order valence-electron chi connectivity index (χ1n) is 5.50. The number of carbonyl (C=O) groups excluding carboxylic acids is 1. The Labute approximate surface area is 95.4 Å². The molecule has 1 amide bonds. The van der Waals surface area contributed by atoms with Gasteiger partial charge in [0.25, 0.3) is 0 Å². The number of hydrogen-bond donors (Lipinski definition) is 2. The summed E-state index contributed by atoms with van der Waals surface area (Å²) in [6.45, 7) is 5.39. The number of hydrogen-bond acceptors (Lipinski definition) is 3. The van der Waals surface area contributed by atoms with Crippen molar-refractivity contribution in [1.29, 1.82) is 0 Å². The van der Waals surface area contributed by atoms with Gasteiger partial charge >= 0.3 is 0 Å². The number of amides is 1. The number of rotatable bonds is 1. The summed E-state index contributed by atoms with van der Waals surface area (Å²) in [6.07, 6.45) is 0. The summed E-state index contributed by atoms with van der Waals surface area (Å²) in [4.78, 5) is 13.6. The molecule has 0 radical (unpaired) electrons. The first kappa shape index (κ1) is 10.8. The van der Waals surface area contributed by atoms with E-state index in [0.717, 1.165) is 23.5 Å². The van der Waals surface area contributed by atoms with Crippen molar-refractivity contribution in [3.63, 3.8) is 0 Å². The Kier molecular flexibility index (Phi) is 2.73. The number of nitrogens with two attached hydrogens (primary N) is 1. The summed E-state index contributed by atoms with van der Waals surface area (Å²) in [5.74, 6) is 0.0613. The molecular weight excluding hydrogens is 202 g/mol. The van der Waals surface area contributed by atoms with Gasteiger partial charge in [0, 0.05) is 13.1 Å². The van der Waals surface area contributed by atoms with Crippen LogP contribution in [0.25, 0.3) is 0 Å². The van der Waals surface area contributed by atoms with Gasteiger partial charge in [0.2, 0.25) is 5.91 Å². The van der Waals surface area contributed by atoms with Crippen LogP contribution in [0.5, 0.6) is 0 Å². The van der Waals surface area contributed by atoms with E-state index in [9.17, 15) is 4.79 Å². The van der Waals surface area contributed by atoms with Crippen LogP contribution in [0.2, 0.25) is 0 Å².